The molecule has 4 unspecified atom stereocenters. The van der Waals surface area contributed by atoms with E-state index in [1.165, 1.54) is 0 Å². The number of hydrogen-bond acceptors (Lipinski definition) is 7. The van der Waals surface area contributed by atoms with Crippen molar-refractivity contribution in [3.8, 4) is 16.5 Å². The molecule has 0 spiro atoms. The lowest BCUT2D eigenvalue weighted by molar-refractivity contribution is -0.128. The molecule has 1 N–H and O–H groups in total. The third-order valence-corrected chi connectivity index (χ3v) is 8.67. The van der Waals surface area contributed by atoms with Gasteiger partial charge in [-0.15, -0.1) is 11.3 Å². The Morgan fingerprint density at radius 1 is 1.26 bits per heavy atom. The van der Waals surface area contributed by atoms with Crippen molar-refractivity contribution in [1.29, 1.82) is 5.26 Å². The number of ether oxygens (including phenoxy) is 2. The monoisotopic (exact) mass is 535 g/mol. The second-order valence-electron chi connectivity index (χ2n) is 11.9. The van der Waals surface area contributed by atoms with Crippen LogP contribution in [-0.2, 0) is 26.3 Å². The quantitative estimate of drug-likeness (QED) is 0.530. The molecule has 0 radical (unpaired) electrons. The molecule has 38 heavy (non-hydrogen) atoms. The van der Waals surface area contributed by atoms with Crippen LogP contribution in [-0.4, -0.2) is 46.6 Å². The van der Waals surface area contributed by atoms with E-state index in [1.54, 1.807) is 22.3 Å². The predicted octanol–water partition coefficient (Wildman–Crippen LogP) is 5.16. The molecular weight excluding hydrogens is 502 g/mol. The lowest BCUT2D eigenvalue weighted by Crippen LogP contribution is -2.55. The van der Waals surface area contributed by atoms with Crippen molar-refractivity contribution in [3.63, 3.8) is 0 Å². The third kappa shape index (κ3) is 4.90. The molecule has 2 aromatic rings. The van der Waals surface area contributed by atoms with E-state index in [1.807, 2.05) is 58.9 Å². The number of nitrogens with zero attached hydrogens (tertiary/aromatic N) is 2. The Balaban J connectivity index is 1.28. The van der Waals surface area contributed by atoms with E-state index >= 15 is 0 Å². The van der Waals surface area contributed by atoms with Gasteiger partial charge in [-0.25, -0.2) is 9.59 Å². The SMILES string of the molecule is CC(C)(C)OC(=O)N1C2CCC(C2)C1C(=O)NC(C#N)Cc1ccc(-c2ccc3c(c2)C(C)(C)OC3=O)s1. The van der Waals surface area contributed by atoms with Crippen molar-refractivity contribution in [3.05, 3.63) is 46.3 Å². The minimum Gasteiger partial charge on any atom is -0.451 e. The summed E-state index contributed by atoms with van der Waals surface area (Å²) < 4.78 is 11.1. The molecule has 2 aliphatic heterocycles. The Morgan fingerprint density at radius 3 is 2.74 bits per heavy atom. The van der Waals surface area contributed by atoms with Crippen LogP contribution >= 0.6 is 11.3 Å². The number of piperidine rings is 1. The Bertz CT molecular complexity index is 1330. The van der Waals surface area contributed by atoms with Gasteiger partial charge in [0.05, 0.1) is 11.6 Å². The molecular formula is C29H33N3O5S. The highest BCUT2D eigenvalue weighted by Crippen LogP contribution is 2.43. The smallest absolute Gasteiger partial charge is 0.411 e. The number of likely N-dealkylation sites (tertiary alicyclic amines) is 1. The summed E-state index contributed by atoms with van der Waals surface area (Å²) in [5.41, 5.74) is 1.09. The van der Waals surface area contributed by atoms with Crippen molar-refractivity contribution in [2.24, 2.45) is 5.92 Å². The fourth-order valence-electron chi connectivity index (χ4n) is 5.85. The zero-order valence-electron chi connectivity index (χ0n) is 22.4. The maximum Gasteiger partial charge on any atom is 0.411 e. The van der Waals surface area contributed by atoms with Crippen LogP contribution in [0, 0.1) is 17.2 Å². The van der Waals surface area contributed by atoms with Crippen molar-refractivity contribution in [1.82, 2.24) is 10.2 Å². The first kappa shape index (κ1) is 26.2. The van der Waals surface area contributed by atoms with Gasteiger partial charge in [0, 0.05) is 27.8 Å². The molecule has 1 saturated carbocycles. The van der Waals surface area contributed by atoms with Gasteiger partial charge < -0.3 is 14.8 Å². The average Bonchev–Trinajstić information content (AvgIpc) is 3.61. The zero-order valence-corrected chi connectivity index (χ0v) is 23.2. The maximum atomic E-state index is 13.4. The normalized spacial score (nSPS) is 23.9. The van der Waals surface area contributed by atoms with Crippen LogP contribution in [0.1, 0.15) is 74.7 Å². The van der Waals surface area contributed by atoms with E-state index in [0.717, 1.165) is 40.1 Å². The number of nitrogens with one attached hydrogen (secondary N) is 1. The van der Waals surface area contributed by atoms with Gasteiger partial charge in [-0.2, -0.15) is 5.26 Å². The van der Waals surface area contributed by atoms with Crippen LogP contribution in [0.5, 0.6) is 0 Å². The van der Waals surface area contributed by atoms with E-state index in [4.69, 9.17) is 9.47 Å². The number of rotatable bonds is 5. The first-order chi connectivity index (χ1) is 17.9. The van der Waals surface area contributed by atoms with Crippen LogP contribution < -0.4 is 5.32 Å². The van der Waals surface area contributed by atoms with Crippen LogP contribution in [0.25, 0.3) is 10.4 Å². The molecule has 4 atom stereocenters. The molecule has 1 saturated heterocycles. The molecule has 1 aliphatic carbocycles. The molecule has 2 amide bonds. The van der Waals surface area contributed by atoms with E-state index in [-0.39, 0.29) is 23.8 Å². The number of benzene rings is 1. The van der Waals surface area contributed by atoms with Gasteiger partial charge in [0.1, 0.15) is 23.3 Å². The summed E-state index contributed by atoms with van der Waals surface area (Å²) in [6.07, 6.45) is 2.44. The van der Waals surface area contributed by atoms with Gasteiger partial charge in [-0.1, -0.05) is 6.07 Å². The van der Waals surface area contributed by atoms with Crippen LogP contribution in [0.3, 0.4) is 0 Å². The van der Waals surface area contributed by atoms with E-state index in [2.05, 4.69) is 11.4 Å². The molecule has 9 heteroatoms. The molecule has 2 fully saturated rings. The Morgan fingerprint density at radius 2 is 2.03 bits per heavy atom. The summed E-state index contributed by atoms with van der Waals surface area (Å²) in [4.78, 5) is 41.9. The van der Waals surface area contributed by atoms with Gasteiger partial charge in [0.15, 0.2) is 0 Å². The predicted molar refractivity (Wildman–Crippen MR) is 142 cm³/mol. The van der Waals surface area contributed by atoms with Gasteiger partial charge in [0.25, 0.3) is 0 Å². The Kier molecular flexibility index (Phi) is 6.50. The standard InChI is InChI=1S/C29H33N3O5S/c1-28(2,3)37-27(35)32-19-8-6-17(12-19)24(32)25(33)31-18(15-30)14-20-9-11-23(38-20)16-7-10-21-22(13-16)29(4,5)36-26(21)34/h7,9-11,13,17-19,24H,6,8,12,14H2,1-5H3,(H,31,33). The molecule has 5 rings (SSSR count). The Labute approximate surface area is 226 Å². The summed E-state index contributed by atoms with van der Waals surface area (Å²) in [5, 5.41) is 12.7. The first-order valence-electron chi connectivity index (χ1n) is 13.0. The Hall–Kier alpha value is -3.38. The van der Waals surface area contributed by atoms with Gasteiger partial charge in [-0.3, -0.25) is 9.69 Å². The number of amides is 2. The lowest BCUT2D eigenvalue weighted by Gasteiger charge is -2.35. The van der Waals surface area contributed by atoms with Crippen molar-refractivity contribution < 1.29 is 23.9 Å². The van der Waals surface area contributed by atoms with Gasteiger partial charge in [-0.05, 0) is 89.6 Å². The number of cyclic esters (lactones) is 1. The lowest BCUT2D eigenvalue weighted by atomic mass is 9.94. The number of esters is 1. The number of thiophene rings is 1. The molecule has 1 aromatic carbocycles. The number of nitriles is 1. The van der Waals surface area contributed by atoms with Crippen LogP contribution in [0.2, 0.25) is 0 Å². The molecule has 8 nitrogen and oxygen atoms in total. The number of carbonyl (C=O) groups excluding carboxylic acids is 3. The number of carbonyl (C=O) groups is 3. The highest BCUT2D eigenvalue weighted by molar-refractivity contribution is 7.15. The van der Waals surface area contributed by atoms with E-state index < -0.39 is 29.4 Å². The molecule has 2 bridgehead atoms. The molecule has 1 aromatic heterocycles. The third-order valence-electron chi connectivity index (χ3n) is 7.52. The minimum atomic E-state index is -0.724. The summed E-state index contributed by atoms with van der Waals surface area (Å²) in [5.74, 6) is -0.520. The largest absolute Gasteiger partial charge is 0.451 e. The van der Waals surface area contributed by atoms with Gasteiger partial charge >= 0.3 is 12.1 Å². The summed E-state index contributed by atoms with van der Waals surface area (Å²) in [6.45, 7) is 9.19. The zero-order chi connectivity index (χ0) is 27.4. The minimum absolute atomic E-state index is 0.00369. The van der Waals surface area contributed by atoms with Gasteiger partial charge in [0.2, 0.25) is 5.91 Å². The fraction of sp³-hybridized carbons (Fsp3) is 0.517. The van der Waals surface area contributed by atoms with Crippen LogP contribution in [0.15, 0.2) is 30.3 Å². The van der Waals surface area contributed by atoms with Crippen molar-refractivity contribution >= 4 is 29.3 Å². The van der Waals surface area contributed by atoms with Crippen molar-refractivity contribution in [2.75, 3.05) is 0 Å². The molecule has 3 heterocycles. The number of fused-ring (bicyclic) bond motifs is 3. The molecule has 200 valence electrons. The first-order valence-corrected chi connectivity index (χ1v) is 13.9. The summed E-state index contributed by atoms with van der Waals surface area (Å²) in [6, 6.07) is 10.5. The number of hydrogen-bond donors (Lipinski definition) is 1. The second kappa shape index (κ2) is 9.42. The topological polar surface area (TPSA) is 109 Å². The summed E-state index contributed by atoms with van der Waals surface area (Å²) in [7, 11) is 0. The highest BCUT2D eigenvalue weighted by Gasteiger charge is 2.52. The van der Waals surface area contributed by atoms with E-state index in [9.17, 15) is 19.6 Å². The second-order valence-corrected chi connectivity index (χ2v) is 13.0. The fourth-order valence-corrected chi connectivity index (χ4v) is 6.90. The van der Waals surface area contributed by atoms with Crippen LogP contribution in [0.4, 0.5) is 4.79 Å². The molecule has 3 aliphatic rings. The van der Waals surface area contributed by atoms with E-state index in [0.29, 0.717) is 12.0 Å². The highest BCUT2D eigenvalue weighted by atomic mass is 32.1. The maximum absolute atomic E-state index is 13.4. The summed E-state index contributed by atoms with van der Waals surface area (Å²) >= 11 is 1.55. The average molecular weight is 536 g/mol. The van der Waals surface area contributed by atoms with Crippen molar-refractivity contribution in [2.45, 2.75) is 89.6 Å².